The first-order valence-corrected chi connectivity index (χ1v) is 4.79. The Morgan fingerprint density at radius 1 is 1.53 bits per heavy atom. The largest absolute Gasteiger partial charge is 0.351 e. The predicted molar refractivity (Wildman–Crippen MR) is 54.0 cm³/mol. The fraction of sp³-hybridized carbons (Fsp3) is 0.400. The Labute approximate surface area is 88.2 Å². The molecule has 0 spiro atoms. The summed E-state index contributed by atoms with van der Waals surface area (Å²) in [6, 6.07) is 1.83. The van der Waals surface area contributed by atoms with E-state index in [0.717, 1.165) is 12.8 Å². The van der Waals surface area contributed by atoms with Gasteiger partial charge in [-0.15, -0.1) is 0 Å². The number of rotatable bonds is 4. The second-order valence-electron chi connectivity index (χ2n) is 2.97. The molecule has 1 aromatic rings. The minimum atomic E-state index is -0.340. The van der Waals surface area contributed by atoms with Crippen LogP contribution in [0.15, 0.2) is 12.4 Å². The van der Waals surface area contributed by atoms with Gasteiger partial charge in [0.15, 0.2) is 11.4 Å². The van der Waals surface area contributed by atoms with E-state index in [1.807, 2.05) is 13.0 Å². The Kier molecular flexibility index (Phi) is 4.23. The molecule has 0 saturated carbocycles. The summed E-state index contributed by atoms with van der Waals surface area (Å²) in [5.41, 5.74) is 0.155. The van der Waals surface area contributed by atoms with Crippen molar-refractivity contribution in [3.63, 3.8) is 0 Å². The van der Waals surface area contributed by atoms with Crippen molar-refractivity contribution >= 4 is 5.91 Å². The van der Waals surface area contributed by atoms with Gasteiger partial charge in [0.05, 0.1) is 0 Å². The van der Waals surface area contributed by atoms with E-state index >= 15 is 0 Å². The van der Waals surface area contributed by atoms with Crippen molar-refractivity contribution < 1.29 is 4.79 Å². The molecule has 0 fully saturated rings. The highest BCUT2D eigenvalue weighted by atomic mass is 16.1. The second kappa shape index (κ2) is 5.70. The number of hydrogen-bond acceptors (Lipinski definition) is 4. The normalized spacial score (nSPS) is 9.33. The maximum atomic E-state index is 11.5. The Morgan fingerprint density at radius 3 is 2.93 bits per heavy atom. The molecule has 1 amide bonds. The minimum absolute atomic E-state index is 0.0616. The average Bonchev–Trinajstić information content (AvgIpc) is 2.29. The first-order chi connectivity index (χ1) is 7.29. The molecule has 0 bridgehead atoms. The molecule has 0 aliphatic carbocycles. The molecule has 15 heavy (non-hydrogen) atoms. The first-order valence-electron chi connectivity index (χ1n) is 4.79. The fourth-order valence-corrected chi connectivity index (χ4v) is 1.05. The number of amides is 1. The monoisotopic (exact) mass is 204 g/mol. The maximum Gasteiger partial charge on any atom is 0.272 e. The highest BCUT2D eigenvalue weighted by Crippen LogP contribution is 1.99. The number of aromatic nitrogens is 2. The van der Waals surface area contributed by atoms with Crippen LogP contribution < -0.4 is 5.32 Å². The zero-order valence-electron chi connectivity index (χ0n) is 8.53. The fourth-order valence-electron chi connectivity index (χ4n) is 1.05. The smallest absolute Gasteiger partial charge is 0.272 e. The van der Waals surface area contributed by atoms with Crippen molar-refractivity contribution in [2.45, 2.75) is 19.8 Å². The van der Waals surface area contributed by atoms with Gasteiger partial charge >= 0.3 is 0 Å². The van der Waals surface area contributed by atoms with Gasteiger partial charge in [-0.3, -0.25) is 4.79 Å². The molecule has 0 atom stereocenters. The summed E-state index contributed by atoms with van der Waals surface area (Å²) in [7, 11) is 0. The van der Waals surface area contributed by atoms with E-state index in [0.29, 0.717) is 6.54 Å². The van der Waals surface area contributed by atoms with Crippen molar-refractivity contribution in [2.75, 3.05) is 6.54 Å². The van der Waals surface area contributed by atoms with E-state index in [2.05, 4.69) is 15.3 Å². The van der Waals surface area contributed by atoms with Crippen LogP contribution in [0.5, 0.6) is 0 Å². The van der Waals surface area contributed by atoms with Crippen LogP contribution in [0.25, 0.3) is 0 Å². The standard InChI is InChI=1S/C10H12N4O/c1-2-3-4-14-10(15)9-8(7-11)12-5-6-13-9/h5-6H,2-4H2,1H3,(H,14,15). The van der Waals surface area contributed by atoms with Crippen LogP contribution in [0.3, 0.4) is 0 Å². The van der Waals surface area contributed by atoms with Crippen molar-refractivity contribution in [2.24, 2.45) is 0 Å². The number of nitrogens with one attached hydrogen (secondary N) is 1. The molecule has 1 aromatic heterocycles. The van der Waals surface area contributed by atoms with E-state index in [4.69, 9.17) is 5.26 Å². The predicted octanol–water partition coefficient (Wildman–Crippen LogP) is 0.878. The molecule has 1 heterocycles. The van der Waals surface area contributed by atoms with Crippen LogP contribution in [0, 0.1) is 11.3 Å². The van der Waals surface area contributed by atoms with Gasteiger partial charge in [0.2, 0.25) is 0 Å². The second-order valence-corrected chi connectivity index (χ2v) is 2.97. The molecule has 0 radical (unpaired) electrons. The molecule has 5 nitrogen and oxygen atoms in total. The van der Waals surface area contributed by atoms with Crippen LogP contribution in [0.1, 0.15) is 35.9 Å². The van der Waals surface area contributed by atoms with Crippen LogP contribution >= 0.6 is 0 Å². The summed E-state index contributed by atoms with van der Waals surface area (Å²) in [6.07, 6.45) is 4.71. The lowest BCUT2D eigenvalue weighted by Gasteiger charge is -2.03. The van der Waals surface area contributed by atoms with Crippen LogP contribution in [-0.2, 0) is 0 Å². The maximum absolute atomic E-state index is 11.5. The van der Waals surface area contributed by atoms with Gasteiger partial charge in [0.25, 0.3) is 5.91 Å². The van der Waals surface area contributed by atoms with Crippen molar-refractivity contribution in [3.8, 4) is 6.07 Å². The molecular weight excluding hydrogens is 192 g/mol. The number of nitriles is 1. The number of carbonyl (C=O) groups is 1. The van der Waals surface area contributed by atoms with Gasteiger partial charge in [-0.25, -0.2) is 9.97 Å². The van der Waals surface area contributed by atoms with Crippen molar-refractivity contribution in [1.82, 2.24) is 15.3 Å². The van der Waals surface area contributed by atoms with E-state index in [1.54, 1.807) is 0 Å². The summed E-state index contributed by atoms with van der Waals surface area (Å²) in [6.45, 7) is 2.63. The van der Waals surface area contributed by atoms with Crippen LogP contribution in [0.4, 0.5) is 0 Å². The molecule has 0 saturated heterocycles. The molecule has 0 aromatic carbocycles. The summed E-state index contributed by atoms with van der Waals surface area (Å²) >= 11 is 0. The van der Waals surface area contributed by atoms with E-state index < -0.39 is 0 Å². The Balaban J connectivity index is 2.70. The van der Waals surface area contributed by atoms with E-state index in [-0.39, 0.29) is 17.3 Å². The number of carbonyl (C=O) groups excluding carboxylic acids is 1. The first kappa shape index (κ1) is 11.1. The van der Waals surface area contributed by atoms with Gasteiger partial charge in [-0.1, -0.05) is 13.3 Å². The third kappa shape index (κ3) is 3.02. The van der Waals surface area contributed by atoms with Crippen molar-refractivity contribution in [1.29, 1.82) is 5.26 Å². The summed E-state index contributed by atoms with van der Waals surface area (Å²) < 4.78 is 0. The quantitative estimate of drug-likeness (QED) is 0.738. The van der Waals surface area contributed by atoms with Gasteiger partial charge in [-0.2, -0.15) is 5.26 Å². The molecule has 1 rings (SSSR count). The average molecular weight is 204 g/mol. The molecule has 78 valence electrons. The molecule has 0 aliphatic heterocycles. The van der Waals surface area contributed by atoms with Gasteiger partial charge < -0.3 is 5.32 Å². The lowest BCUT2D eigenvalue weighted by atomic mass is 10.3. The number of hydrogen-bond donors (Lipinski definition) is 1. The zero-order chi connectivity index (χ0) is 11.1. The topological polar surface area (TPSA) is 78.7 Å². The van der Waals surface area contributed by atoms with Crippen molar-refractivity contribution in [3.05, 3.63) is 23.8 Å². The van der Waals surface area contributed by atoms with E-state index in [9.17, 15) is 4.79 Å². The Hall–Kier alpha value is -1.96. The SMILES string of the molecule is CCCCNC(=O)c1nccnc1C#N. The van der Waals surface area contributed by atoms with Crippen LogP contribution in [-0.4, -0.2) is 22.4 Å². The minimum Gasteiger partial charge on any atom is -0.351 e. The summed E-state index contributed by atoms with van der Waals surface area (Å²) in [5, 5.41) is 11.4. The molecular formula is C10H12N4O. The molecule has 0 unspecified atom stereocenters. The molecule has 1 N–H and O–H groups in total. The Bertz CT molecular complexity index is 383. The van der Waals surface area contributed by atoms with Gasteiger partial charge in [0, 0.05) is 18.9 Å². The third-order valence-corrected chi connectivity index (χ3v) is 1.84. The van der Waals surface area contributed by atoms with E-state index in [1.165, 1.54) is 12.4 Å². The molecule has 5 heteroatoms. The number of nitrogens with zero attached hydrogens (tertiary/aromatic N) is 3. The highest BCUT2D eigenvalue weighted by molar-refractivity contribution is 5.93. The van der Waals surface area contributed by atoms with Crippen LogP contribution in [0.2, 0.25) is 0 Å². The number of unbranched alkanes of at least 4 members (excludes halogenated alkanes) is 1. The lowest BCUT2D eigenvalue weighted by Crippen LogP contribution is -2.26. The highest BCUT2D eigenvalue weighted by Gasteiger charge is 2.12. The summed E-state index contributed by atoms with van der Waals surface area (Å²) in [5.74, 6) is -0.340. The summed E-state index contributed by atoms with van der Waals surface area (Å²) in [4.78, 5) is 19.1. The zero-order valence-corrected chi connectivity index (χ0v) is 8.53. The Morgan fingerprint density at radius 2 is 2.27 bits per heavy atom. The van der Waals surface area contributed by atoms with Gasteiger partial charge in [0.1, 0.15) is 6.07 Å². The molecule has 0 aliphatic rings. The lowest BCUT2D eigenvalue weighted by molar-refractivity contribution is 0.0947. The van der Waals surface area contributed by atoms with Gasteiger partial charge in [-0.05, 0) is 6.42 Å². The third-order valence-electron chi connectivity index (χ3n) is 1.84.